The van der Waals surface area contributed by atoms with Gasteiger partial charge in [0.1, 0.15) is 0 Å². The van der Waals surface area contributed by atoms with Gasteiger partial charge in [-0.1, -0.05) is 6.07 Å². The summed E-state index contributed by atoms with van der Waals surface area (Å²) in [4.78, 5) is 16.0. The summed E-state index contributed by atoms with van der Waals surface area (Å²) in [6.45, 7) is 4.52. The fourth-order valence-electron chi connectivity index (χ4n) is 1.48. The normalized spacial score (nSPS) is 10.2. The highest BCUT2D eigenvalue weighted by molar-refractivity contribution is 7.07. The standard InChI is InChI=1S/C13H14N2OS/c1-9-3-4-11(5-10(9)2)13(16)14-6-12-7-17-8-15-12/h3-5,7-8H,6H2,1-2H3,(H,14,16). The molecule has 0 fully saturated rings. The van der Waals surface area contributed by atoms with Crippen LogP contribution in [0.15, 0.2) is 29.1 Å². The first-order valence-electron chi connectivity index (χ1n) is 5.39. The van der Waals surface area contributed by atoms with Crippen molar-refractivity contribution in [1.82, 2.24) is 10.3 Å². The number of hydrogen-bond donors (Lipinski definition) is 1. The van der Waals surface area contributed by atoms with Gasteiger partial charge in [-0.3, -0.25) is 4.79 Å². The number of carbonyl (C=O) groups is 1. The molecule has 0 aliphatic carbocycles. The molecule has 2 aromatic rings. The zero-order chi connectivity index (χ0) is 12.3. The molecule has 0 radical (unpaired) electrons. The number of hydrogen-bond acceptors (Lipinski definition) is 3. The summed E-state index contributed by atoms with van der Waals surface area (Å²) in [7, 11) is 0. The number of rotatable bonds is 3. The molecule has 4 heteroatoms. The van der Waals surface area contributed by atoms with Crippen LogP contribution in [0.3, 0.4) is 0 Å². The summed E-state index contributed by atoms with van der Waals surface area (Å²) in [5.41, 5.74) is 5.68. The molecule has 1 aromatic heterocycles. The van der Waals surface area contributed by atoms with Gasteiger partial charge in [0, 0.05) is 10.9 Å². The maximum absolute atomic E-state index is 11.9. The highest BCUT2D eigenvalue weighted by atomic mass is 32.1. The van der Waals surface area contributed by atoms with E-state index in [0.717, 1.165) is 11.3 Å². The monoisotopic (exact) mass is 246 g/mol. The molecule has 1 heterocycles. The summed E-state index contributed by atoms with van der Waals surface area (Å²) in [6.07, 6.45) is 0. The van der Waals surface area contributed by atoms with Crippen LogP contribution in [-0.4, -0.2) is 10.9 Å². The molecule has 3 nitrogen and oxygen atoms in total. The number of amides is 1. The van der Waals surface area contributed by atoms with Gasteiger partial charge in [-0.15, -0.1) is 11.3 Å². The van der Waals surface area contributed by atoms with Crippen LogP contribution in [0.4, 0.5) is 0 Å². The minimum Gasteiger partial charge on any atom is -0.346 e. The molecule has 0 unspecified atom stereocenters. The summed E-state index contributed by atoms with van der Waals surface area (Å²) >= 11 is 1.53. The van der Waals surface area contributed by atoms with Gasteiger partial charge in [0.15, 0.2) is 0 Å². The van der Waals surface area contributed by atoms with Crippen LogP contribution in [0.1, 0.15) is 27.2 Å². The van der Waals surface area contributed by atoms with E-state index < -0.39 is 0 Å². The largest absolute Gasteiger partial charge is 0.346 e. The molecule has 0 aliphatic heterocycles. The Morgan fingerprint density at radius 2 is 2.18 bits per heavy atom. The van der Waals surface area contributed by atoms with Crippen molar-refractivity contribution in [2.45, 2.75) is 20.4 Å². The Morgan fingerprint density at radius 1 is 1.35 bits per heavy atom. The number of benzene rings is 1. The molecular formula is C13H14N2OS. The van der Waals surface area contributed by atoms with Crippen LogP contribution in [-0.2, 0) is 6.54 Å². The van der Waals surface area contributed by atoms with Gasteiger partial charge in [-0.05, 0) is 37.1 Å². The van der Waals surface area contributed by atoms with Gasteiger partial charge in [0.25, 0.3) is 5.91 Å². The molecule has 0 saturated heterocycles. The first kappa shape index (κ1) is 11.8. The second kappa shape index (κ2) is 5.10. The van der Waals surface area contributed by atoms with Crippen molar-refractivity contribution in [2.24, 2.45) is 0 Å². The molecule has 17 heavy (non-hydrogen) atoms. The van der Waals surface area contributed by atoms with Crippen molar-refractivity contribution in [1.29, 1.82) is 0 Å². The van der Waals surface area contributed by atoms with Crippen LogP contribution in [0.25, 0.3) is 0 Å². The van der Waals surface area contributed by atoms with Crippen molar-refractivity contribution in [3.8, 4) is 0 Å². The van der Waals surface area contributed by atoms with E-state index >= 15 is 0 Å². The maximum Gasteiger partial charge on any atom is 0.251 e. The lowest BCUT2D eigenvalue weighted by Gasteiger charge is -2.06. The smallest absolute Gasteiger partial charge is 0.251 e. The van der Waals surface area contributed by atoms with E-state index in [9.17, 15) is 4.79 Å². The Kier molecular flexibility index (Phi) is 3.54. The second-order valence-electron chi connectivity index (χ2n) is 3.96. The third-order valence-electron chi connectivity index (χ3n) is 2.68. The Labute approximate surface area is 105 Å². The average molecular weight is 246 g/mol. The highest BCUT2D eigenvalue weighted by Crippen LogP contribution is 2.10. The molecule has 1 amide bonds. The fraction of sp³-hybridized carbons (Fsp3) is 0.231. The van der Waals surface area contributed by atoms with Gasteiger partial charge >= 0.3 is 0 Å². The molecule has 1 aromatic carbocycles. The third kappa shape index (κ3) is 2.91. The van der Waals surface area contributed by atoms with E-state index in [1.54, 1.807) is 5.51 Å². The first-order chi connectivity index (χ1) is 8.16. The van der Waals surface area contributed by atoms with Crippen LogP contribution in [0.2, 0.25) is 0 Å². The number of aromatic nitrogens is 1. The van der Waals surface area contributed by atoms with Crippen molar-refractivity contribution >= 4 is 17.2 Å². The topological polar surface area (TPSA) is 42.0 Å². The van der Waals surface area contributed by atoms with Gasteiger partial charge < -0.3 is 5.32 Å². The van der Waals surface area contributed by atoms with E-state index in [1.807, 2.05) is 37.4 Å². The molecule has 0 spiro atoms. The summed E-state index contributed by atoms with van der Waals surface area (Å²) in [5.74, 6) is -0.0545. The highest BCUT2D eigenvalue weighted by Gasteiger charge is 2.06. The number of carbonyl (C=O) groups excluding carboxylic acids is 1. The molecule has 0 aliphatic rings. The summed E-state index contributed by atoms with van der Waals surface area (Å²) in [6, 6.07) is 5.72. The second-order valence-corrected chi connectivity index (χ2v) is 4.68. The maximum atomic E-state index is 11.9. The SMILES string of the molecule is Cc1ccc(C(=O)NCc2cscn2)cc1C. The predicted molar refractivity (Wildman–Crippen MR) is 69.2 cm³/mol. The predicted octanol–water partition coefficient (Wildman–Crippen LogP) is 2.69. The lowest BCUT2D eigenvalue weighted by Crippen LogP contribution is -2.23. The molecule has 0 bridgehead atoms. The van der Waals surface area contributed by atoms with Crippen molar-refractivity contribution in [3.05, 3.63) is 51.5 Å². The Balaban J connectivity index is 2.02. The van der Waals surface area contributed by atoms with Crippen molar-refractivity contribution in [3.63, 3.8) is 0 Å². The quantitative estimate of drug-likeness (QED) is 0.904. The van der Waals surface area contributed by atoms with Gasteiger partial charge in [-0.2, -0.15) is 0 Å². The molecule has 0 saturated carbocycles. The van der Waals surface area contributed by atoms with E-state index in [4.69, 9.17) is 0 Å². The number of thiazole rings is 1. The Hall–Kier alpha value is -1.68. The van der Waals surface area contributed by atoms with Crippen molar-refractivity contribution in [2.75, 3.05) is 0 Å². The van der Waals surface area contributed by atoms with Crippen LogP contribution >= 0.6 is 11.3 Å². The Bertz CT molecular complexity index is 520. The van der Waals surface area contributed by atoms with Crippen LogP contribution in [0.5, 0.6) is 0 Å². The first-order valence-corrected chi connectivity index (χ1v) is 6.33. The summed E-state index contributed by atoms with van der Waals surface area (Å²) < 4.78 is 0. The van der Waals surface area contributed by atoms with E-state index in [1.165, 1.54) is 16.9 Å². The van der Waals surface area contributed by atoms with E-state index in [-0.39, 0.29) is 5.91 Å². The minimum absolute atomic E-state index is 0.0545. The number of nitrogens with zero attached hydrogens (tertiary/aromatic N) is 1. The molecular weight excluding hydrogens is 232 g/mol. The van der Waals surface area contributed by atoms with Crippen LogP contribution in [0, 0.1) is 13.8 Å². The molecule has 1 N–H and O–H groups in total. The van der Waals surface area contributed by atoms with Gasteiger partial charge in [-0.25, -0.2) is 4.98 Å². The average Bonchev–Trinajstić information content (AvgIpc) is 2.82. The lowest BCUT2D eigenvalue weighted by atomic mass is 10.1. The van der Waals surface area contributed by atoms with Crippen molar-refractivity contribution < 1.29 is 4.79 Å². The zero-order valence-corrected chi connectivity index (χ0v) is 10.7. The van der Waals surface area contributed by atoms with Gasteiger partial charge in [0.05, 0.1) is 17.7 Å². The molecule has 0 atom stereocenters. The van der Waals surface area contributed by atoms with Crippen LogP contribution < -0.4 is 5.32 Å². The van der Waals surface area contributed by atoms with E-state index in [2.05, 4.69) is 10.3 Å². The van der Waals surface area contributed by atoms with Gasteiger partial charge in [0.2, 0.25) is 0 Å². The number of aryl methyl sites for hydroxylation is 2. The molecule has 2 rings (SSSR count). The zero-order valence-electron chi connectivity index (χ0n) is 9.86. The van der Waals surface area contributed by atoms with E-state index in [0.29, 0.717) is 12.1 Å². The Morgan fingerprint density at radius 3 is 2.82 bits per heavy atom. The fourth-order valence-corrected chi connectivity index (χ4v) is 2.04. The lowest BCUT2D eigenvalue weighted by molar-refractivity contribution is 0.0950. The third-order valence-corrected chi connectivity index (χ3v) is 3.32. The number of nitrogens with one attached hydrogen (secondary N) is 1. The molecule has 88 valence electrons. The summed E-state index contributed by atoms with van der Waals surface area (Å²) in [5, 5.41) is 4.78. The minimum atomic E-state index is -0.0545.